The predicted molar refractivity (Wildman–Crippen MR) is 113 cm³/mol. The molecular weight excluding hydrogens is 446 g/mol. The van der Waals surface area contributed by atoms with Crippen molar-refractivity contribution >= 4 is 39.1 Å². The zero-order valence-corrected chi connectivity index (χ0v) is 18.0. The summed E-state index contributed by atoms with van der Waals surface area (Å²) < 4.78 is 38.3. The van der Waals surface area contributed by atoms with Gasteiger partial charge in [0, 0.05) is 32.2 Å². The summed E-state index contributed by atoms with van der Waals surface area (Å²) in [5.74, 6) is 0.292. The van der Waals surface area contributed by atoms with Crippen LogP contribution in [0.3, 0.4) is 0 Å². The number of carbonyl (C=O) groups is 2. The highest BCUT2D eigenvalue weighted by molar-refractivity contribution is 7.89. The maximum absolute atomic E-state index is 13.1. The molecule has 1 saturated heterocycles. The van der Waals surface area contributed by atoms with Crippen LogP contribution in [0.25, 0.3) is 0 Å². The first kappa shape index (κ1) is 21.4. The van der Waals surface area contributed by atoms with Crippen LogP contribution in [-0.2, 0) is 19.6 Å². The van der Waals surface area contributed by atoms with E-state index in [2.05, 4.69) is 5.32 Å². The van der Waals surface area contributed by atoms with E-state index >= 15 is 0 Å². The van der Waals surface area contributed by atoms with Crippen LogP contribution in [0, 0.1) is 0 Å². The van der Waals surface area contributed by atoms with Crippen LogP contribution in [0.4, 0.5) is 5.69 Å². The maximum atomic E-state index is 13.1. The minimum atomic E-state index is -3.90. The van der Waals surface area contributed by atoms with Gasteiger partial charge in [0.25, 0.3) is 11.8 Å². The summed E-state index contributed by atoms with van der Waals surface area (Å²) >= 11 is 6.20. The summed E-state index contributed by atoms with van der Waals surface area (Å²) in [6.07, 6.45) is 0. The molecule has 2 amide bonds. The zero-order chi connectivity index (χ0) is 22.0. The highest BCUT2D eigenvalue weighted by Crippen LogP contribution is 2.36. The molecule has 11 heteroatoms. The van der Waals surface area contributed by atoms with Crippen LogP contribution >= 0.6 is 11.6 Å². The minimum absolute atomic E-state index is 0.0145. The number of hydrogen-bond acceptors (Lipinski definition) is 6. The number of rotatable bonds is 5. The number of carbonyl (C=O) groups excluding carboxylic acids is 2. The van der Waals surface area contributed by atoms with Crippen molar-refractivity contribution in [3.05, 3.63) is 47.5 Å². The quantitative estimate of drug-likeness (QED) is 0.718. The molecule has 0 saturated carbocycles. The molecule has 1 fully saturated rings. The topological polar surface area (TPSA) is 105 Å². The largest absolute Gasteiger partial charge is 0.484 e. The number of ether oxygens (including phenoxy) is 2. The number of sulfonamides is 1. The van der Waals surface area contributed by atoms with E-state index in [0.29, 0.717) is 11.4 Å². The molecule has 0 atom stereocenters. The van der Waals surface area contributed by atoms with E-state index in [1.165, 1.54) is 16.4 Å². The van der Waals surface area contributed by atoms with Gasteiger partial charge in [0.05, 0.1) is 10.7 Å². The number of nitrogens with zero attached hydrogens (tertiary/aromatic N) is 2. The van der Waals surface area contributed by atoms with Crippen molar-refractivity contribution in [2.45, 2.75) is 4.90 Å². The molecule has 0 spiro atoms. The van der Waals surface area contributed by atoms with E-state index in [9.17, 15) is 18.0 Å². The summed E-state index contributed by atoms with van der Waals surface area (Å²) in [5, 5.41) is 2.57. The first-order valence-electron chi connectivity index (χ1n) is 9.56. The Hall–Kier alpha value is -2.82. The van der Waals surface area contributed by atoms with Crippen molar-refractivity contribution in [1.82, 2.24) is 9.21 Å². The monoisotopic (exact) mass is 465 g/mol. The average molecular weight is 466 g/mol. The van der Waals surface area contributed by atoms with Crippen LogP contribution in [0.2, 0.25) is 5.02 Å². The second-order valence-electron chi connectivity index (χ2n) is 7.00. The summed E-state index contributed by atoms with van der Waals surface area (Å²) in [4.78, 5) is 25.3. The minimum Gasteiger partial charge on any atom is -0.484 e. The van der Waals surface area contributed by atoms with E-state index < -0.39 is 10.0 Å². The lowest BCUT2D eigenvalue weighted by molar-refractivity contribution is -0.134. The molecule has 0 radical (unpaired) electrons. The lowest BCUT2D eigenvalue weighted by Gasteiger charge is -2.34. The van der Waals surface area contributed by atoms with Gasteiger partial charge in [-0.15, -0.1) is 0 Å². The molecule has 0 unspecified atom stereocenters. The Bertz CT molecular complexity index is 1100. The third-order valence-corrected chi connectivity index (χ3v) is 7.34. The second-order valence-corrected chi connectivity index (χ2v) is 9.32. The smallest absolute Gasteiger partial charge is 0.262 e. The van der Waals surface area contributed by atoms with Crippen LogP contribution < -0.4 is 14.8 Å². The van der Waals surface area contributed by atoms with Gasteiger partial charge < -0.3 is 19.7 Å². The third kappa shape index (κ3) is 4.60. The van der Waals surface area contributed by atoms with Crippen LogP contribution in [-0.4, -0.2) is 68.8 Å². The molecule has 4 rings (SSSR count). The van der Waals surface area contributed by atoms with Crippen molar-refractivity contribution < 1.29 is 27.5 Å². The van der Waals surface area contributed by atoms with Gasteiger partial charge in [-0.1, -0.05) is 29.8 Å². The van der Waals surface area contributed by atoms with Gasteiger partial charge in [-0.3, -0.25) is 9.59 Å². The van der Waals surface area contributed by atoms with Gasteiger partial charge in [0.15, 0.2) is 13.2 Å². The van der Waals surface area contributed by atoms with Crippen molar-refractivity contribution in [2.75, 3.05) is 44.7 Å². The molecule has 164 valence electrons. The maximum Gasteiger partial charge on any atom is 0.262 e. The molecule has 2 aliphatic rings. The van der Waals surface area contributed by atoms with Gasteiger partial charge in [-0.05, 0) is 18.2 Å². The first-order chi connectivity index (χ1) is 14.8. The number of benzene rings is 2. The summed E-state index contributed by atoms with van der Waals surface area (Å²) in [6.45, 7) is 0.432. The number of para-hydroxylation sites is 1. The number of piperazine rings is 1. The van der Waals surface area contributed by atoms with Gasteiger partial charge in [0.2, 0.25) is 10.0 Å². The van der Waals surface area contributed by atoms with Crippen molar-refractivity contribution in [2.24, 2.45) is 0 Å². The van der Waals surface area contributed by atoms with Gasteiger partial charge in [-0.25, -0.2) is 8.42 Å². The molecule has 31 heavy (non-hydrogen) atoms. The highest BCUT2D eigenvalue weighted by atomic mass is 35.5. The normalized spacial score (nSPS) is 16.8. The number of amides is 2. The fraction of sp³-hybridized carbons (Fsp3) is 0.300. The number of anilines is 1. The van der Waals surface area contributed by atoms with Crippen LogP contribution in [0.1, 0.15) is 0 Å². The van der Waals surface area contributed by atoms with Crippen molar-refractivity contribution in [3.63, 3.8) is 0 Å². The molecular formula is C20H20ClN3O6S. The average Bonchev–Trinajstić information content (AvgIpc) is 2.77. The fourth-order valence-electron chi connectivity index (χ4n) is 3.35. The first-order valence-corrected chi connectivity index (χ1v) is 11.4. The molecule has 2 aliphatic heterocycles. The lowest BCUT2D eigenvalue weighted by atomic mass is 10.2. The van der Waals surface area contributed by atoms with Crippen LogP contribution in [0.5, 0.6) is 11.5 Å². The Kier molecular flexibility index (Phi) is 6.03. The Morgan fingerprint density at radius 2 is 1.84 bits per heavy atom. The van der Waals surface area contributed by atoms with Crippen molar-refractivity contribution in [1.29, 1.82) is 0 Å². The lowest BCUT2D eigenvalue weighted by Crippen LogP contribution is -2.51. The Balaban J connectivity index is 1.40. The number of halogens is 1. The highest BCUT2D eigenvalue weighted by Gasteiger charge is 2.33. The second kappa shape index (κ2) is 8.74. The molecule has 2 aromatic rings. The van der Waals surface area contributed by atoms with Crippen LogP contribution in [0.15, 0.2) is 47.4 Å². The molecule has 2 heterocycles. The molecule has 0 bridgehead atoms. The molecule has 0 aliphatic carbocycles. The Labute approximate surface area is 184 Å². The third-order valence-electron chi connectivity index (χ3n) is 4.98. The molecule has 2 aromatic carbocycles. The fourth-order valence-corrected chi connectivity index (χ4v) is 5.29. The van der Waals surface area contributed by atoms with Gasteiger partial charge >= 0.3 is 0 Å². The van der Waals surface area contributed by atoms with Gasteiger partial charge in [0.1, 0.15) is 16.4 Å². The summed E-state index contributed by atoms with van der Waals surface area (Å²) in [5.41, 5.74) is 0.328. The molecule has 0 aromatic heterocycles. The molecule has 1 N–H and O–H groups in total. The molecule has 9 nitrogen and oxygen atoms in total. The van der Waals surface area contributed by atoms with Gasteiger partial charge in [-0.2, -0.15) is 4.31 Å². The zero-order valence-electron chi connectivity index (χ0n) is 16.4. The van der Waals surface area contributed by atoms with E-state index in [4.69, 9.17) is 21.1 Å². The standard InChI is InChI=1S/C20H20ClN3O6S/c21-15-10-16-17(30-12-19(25)22-16)11-18(15)31(27,28)24-8-6-23(7-9-24)20(26)13-29-14-4-2-1-3-5-14/h1-5,10-11H,6-9,12-13H2,(H,22,25). The Morgan fingerprint density at radius 1 is 1.13 bits per heavy atom. The van der Waals surface area contributed by atoms with Crippen molar-refractivity contribution in [3.8, 4) is 11.5 Å². The SMILES string of the molecule is O=C1COc2cc(S(=O)(=O)N3CCN(C(=O)COc4ccccc4)CC3)c(Cl)cc2N1. The Morgan fingerprint density at radius 3 is 2.55 bits per heavy atom. The number of nitrogens with one attached hydrogen (secondary N) is 1. The summed E-state index contributed by atoms with van der Waals surface area (Å²) in [6, 6.07) is 11.7. The summed E-state index contributed by atoms with van der Waals surface area (Å²) in [7, 11) is -3.90. The van der Waals surface area contributed by atoms with E-state index in [1.54, 1.807) is 17.0 Å². The van der Waals surface area contributed by atoms with E-state index in [-0.39, 0.29) is 66.9 Å². The number of fused-ring (bicyclic) bond motifs is 1. The van der Waals surface area contributed by atoms with E-state index in [0.717, 1.165) is 0 Å². The predicted octanol–water partition coefficient (Wildman–Crippen LogP) is 1.58. The van der Waals surface area contributed by atoms with E-state index in [1.807, 2.05) is 18.2 Å². The number of hydrogen-bond donors (Lipinski definition) is 1.